The minimum atomic E-state index is -0.796. The average Bonchev–Trinajstić information content (AvgIpc) is 3.04. The Bertz CT molecular complexity index is 981. The van der Waals surface area contributed by atoms with Crippen molar-refractivity contribution in [3.63, 3.8) is 0 Å². The van der Waals surface area contributed by atoms with Crippen molar-refractivity contribution >= 4 is 22.8 Å². The Morgan fingerprint density at radius 1 is 1.07 bits per heavy atom. The van der Waals surface area contributed by atoms with Gasteiger partial charge in [-0.05, 0) is 30.5 Å². The monoisotopic (exact) mass is 393 g/mol. The van der Waals surface area contributed by atoms with E-state index in [1.807, 2.05) is 72.4 Å². The molecule has 152 valence electrons. The highest BCUT2D eigenvalue weighted by molar-refractivity contribution is 5.89. The maximum Gasteiger partial charge on any atom is 0.328 e. The second-order valence-corrected chi connectivity index (χ2v) is 7.10. The topological polar surface area (TPSA) is 86.3 Å². The van der Waals surface area contributed by atoms with Gasteiger partial charge in [-0.15, -0.1) is 0 Å². The second-order valence-electron chi connectivity index (χ2n) is 7.10. The summed E-state index contributed by atoms with van der Waals surface area (Å²) in [6.45, 7) is 1.99. The van der Waals surface area contributed by atoms with Gasteiger partial charge in [0.05, 0.1) is 12.6 Å². The van der Waals surface area contributed by atoms with Crippen LogP contribution in [0.5, 0.6) is 0 Å². The number of ether oxygens (including phenoxy) is 1. The van der Waals surface area contributed by atoms with Gasteiger partial charge >= 0.3 is 5.97 Å². The van der Waals surface area contributed by atoms with E-state index < -0.39 is 18.1 Å². The first-order valence-corrected chi connectivity index (χ1v) is 9.79. The van der Waals surface area contributed by atoms with E-state index >= 15 is 0 Å². The van der Waals surface area contributed by atoms with E-state index in [2.05, 4.69) is 5.32 Å². The van der Waals surface area contributed by atoms with E-state index in [4.69, 9.17) is 10.5 Å². The van der Waals surface area contributed by atoms with Crippen molar-refractivity contribution in [2.45, 2.75) is 31.8 Å². The van der Waals surface area contributed by atoms with Crippen molar-refractivity contribution in [1.82, 2.24) is 9.88 Å². The predicted octanol–water partition coefficient (Wildman–Crippen LogP) is 2.34. The largest absolute Gasteiger partial charge is 0.464 e. The van der Waals surface area contributed by atoms with Crippen molar-refractivity contribution in [1.29, 1.82) is 0 Å². The summed E-state index contributed by atoms with van der Waals surface area (Å²) in [6, 6.07) is 16.0. The number of amides is 1. The number of nitrogens with zero attached hydrogens (tertiary/aromatic N) is 1. The van der Waals surface area contributed by atoms with Gasteiger partial charge in [-0.3, -0.25) is 4.79 Å². The van der Waals surface area contributed by atoms with Crippen LogP contribution in [0.15, 0.2) is 60.8 Å². The third-order valence-corrected chi connectivity index (χ3v) is 4.93. The Morgan fingerprint density at radius 3 is 2.48 bits per heavy atom. The van der Waals surface area contributed by atoms with Crippen molar-refractivity contribution in [3.8, 4) is 0 Å². The van der Waals surface area contributed by atoms with Crippen LogP contribution in [0.2, 0.25) is 0 Å². The zero-order chi connectivity index (χ0) is 20.8. The Labute approximate surface area is 170 Å². The van der Waals surface area contributed by atoms with Crippen LogP contribution in [0.25, 0.3) is 10.9 Å². The summed E-state index contributed by atoms with van der Waals surface area (Å²) >= 11 is 0. The standard InChI is InChI=1S/C23H27N3O3/c1-3-29-23(28)20(14-17-15-26(2)21-12-8-7-11-18(17)21)25-22(27)19(24)13-16-9-5-4-6-10-16/h4-12,15,19-20H,3,13-14,24H2,1-2H3,(H,25,27)/t19-,20+/m0/s1. The van der Waals surface area contributed by atoms with Gasteiger partial charge in [0.2, 0.25) is 5.91 Å². The van der Waals surface area contributed by atoms with Gasteiger partial charge in [0.1, 0.15) is 6.04 Å². The highest BCUT2D eigenvalue weighted by atomic mass is 16.5. The Hall–Kier alpha value is -3.12. The molecule has 0 saturated heterocycles. The quantitative estimate of drug-likeness (QED) is 0.575. The Morgan fingerprint density at radius 2 is 1.76 bits per heavy atom. The van der Waals surface area contributed by atoms with Crippen LogP contribution in [0.1, 0.15) is 18.1 Å². The van der Waals surface area contributed by atoms with Crippen molar-refractivity contribution < 1.29 is 14.3 Å². The zero-order valence-corrected chi connectivity index (χ0v) is 16.8. The van der Waals surface area contributed by atoms with Crippen molar-refractivity contribution in [2.75, 3.05) is 6.61 Å². The number of aryl methyl sites for hydroxylation is 1. The van der Waals surface area contributed by atoms with E-state index in [1.54, 1.807) is 6.92 Å². The first kappa shape index (κ1) is 20.6. The maximum atomic E-state index is 12.7. The third kappa shape index (κ3) is 5.03. The minimum Gasteiger partial charge on any atom is -0.464 e. The number of hydrogen-bond acceptors (Lipinski definition) is 4. The number of benzene rings is 2. The maximum absolute atomic E-state index is 12.7. The molecule has 2 aromatic carbocycles. The normalized spacial score (nSPS) is 13.1. The molecule has 1 aromatic heterocycles. The fourth-order valence-corrected chi connectivity index (χ4v) is 3.48. The summed E-state index contributed by atoms with van der Waals surface area (Å²) < 4.78 is 7.20. The zero-order valence-electron chi connectivity index (χ0n) is 16.8. The van der Waals surface area contributed by atoms with Gasteiger partial charge in [-0.2, -0.15) is 0 Å². The van der Waals surface area contributed by atoms with E-state index in [1.165, 1.54) is 0 Å². The summed E-state index contributed by atoms with van der Waals surface area (Å²) in [5.74, 6) is -0.826. The van der Waals surface area contributed by atoms with E-state index in [9.17, 15) is 9.59 Å². The summed E-state index contributed by atoms with van der Waals surface area (Å²) in [4.78, 5) is 25.2. The van der Waals surface area contributed by atoms with Gasteiger partial charge in [0.15, 0.2) is 0 Å². The molecule has 3 aromatic rings. The molecular weight excluding hydrogens is 366 g/mol. The smallest absolute Gasteiger partial charge is 0.328 e. The molecule has 0 saturated carbocycles. The van der Waals surface area contributed by atoms with Crippen LogP contribution in [0.3, 0.4) is 0 Å². The lowest BCUT2D eigenvalue weighted by Gasteiger charge is -2.20. The number of carbonyl (C=O) groups is 2. The Balaban J connectivity index is 1.76. The molecule has 2 atom stereocenters. The number of para-hydroxylation sites is 1. The number of hydrogen-bond donors (Lipinski definition) is 2. The molecule has 1 amide bonds. The molecule has 6 heteroatoms. The van der Waals surface area contributed by atoms with Gasteiger partial charge < -0.3 is 20.4 Å². The van der Waals surface area contributed by atoms with Gasteiger partial charge in [0.25, 0.3) is 0 Å². The molecule has 29 heavy (non-hydrogen) atoms. The summed E-state index contributed by atoms with van der Waals surface area (Å²) in [5.41, 5.74) is 9.10. The second kappa shape index (κ2) is 9.39. The van der Waals surface area contributed by atoms with Crippen LogP contribution in [-0.2, 0) is 34.2 Å². The molecule has 0 fully saturated rings. The molecule has 0 aliphatic rings. The molecule has 3 rings (SSSR count). The summed E-state index contributed by atoms with van der Waals surface area (Å²) in [5, 5.41) is 3.84. The van der Waals surface area contributed by atoms with Crippen LogP contribution in [0.4, 0.5) is 0 Å². The first-order valence-electron chi connectivity index (χ1n) is 9.79. The molecule has 3 N–H and O–H groups in total. The van der Waals surface area contributed by atoms with Gasteiger partial charge in [0, 0.05) is 30.6 Å². The van der Waals surface area contributed by atoms with Gasteiger partial charge in [-0.25, -0.2) is 4.79 Å². The third-order valence-electron chi connectivity index (χ3n) is 4.93. The van der Waals surface area contributed by atoms with Crippen LogP contribution in [0, 0.1) is 0 Å². The van der Waals surface area contributed by atoms with Crippen LogP contribution in [-0.4, -0.2) is 35.1 Å². The van der Waals surface area contributed by atoms with Crippen molar-refractivity contribution in [2.24, 2.45) is 12.8 Å². The van der Waals surface area contributed by atoms with E-state index in [-0.39, 0.29) is 12.5 Å². The molecule has 0 bridgehead atoms. The number of nitrogens with two attached hydrogens (primary N) is 1. The molecule has 0 spiro atoms. The lowest BCUT2D eigenvalue weighted by atomic mass is 10.0. The lowest BCUT2D eigenvalue weighted by molar-refractivity contribution is -0.147. The number of fused-ring (bicyclic) bond motifs is 1. The first-order chi connectivity index (χ1) is 14.0. The van der Waals surface area contributed by atoms with E-state index in [0.29, 0.717) is 12.8 Å². The van der Waals surface area contributed by atoms with Gasteiger partial charge in [-0.1, -0.05) is 48.5 Å². The number of esters is 1. The highest BCUT2D eigenvalue weighted by Crippen LogP contribution is 2.22. The summed E-state index contributed by atoms with van der Waals surface area (Å²) in [6.07, 6.45) is 2.72. The molecule has 0 unspecified atom stereocenters. The van der Waals surface area contributed by atoms with Crippen LogP contribution >= 0.6 is 0 Å². The molecule has 1 heterocycles. The number of carbonyl (C=O) groups excluding carboxylic acids is 2. The fraction of sp³-hybridized carbons (Fsp3) is 0.304. The number of nitrogens with one attached hydrogen (secondary N) is 1. The number of rotatable bonds is 8. The molecular formula is C23H27N3O3. The Kier molecular flexibility index (Phi) is 6.67. The summed E-state index contributed by atoms with van der Waals surface area (Å²) in [7, 11) is 1.96. The molecule has 0 radical (unpaired) electrons. The van der Waals surface area contributed by atoms with Crippen LogP contribution < -0.4 is 11.1 Å². The fourth-order valence-electron chi connectivity index (χ4n) is 3.48. The average molecular weight is 393 g/mol. The highest BCUT2D eigenvalue weighted by Gasteiger charge is 2.26. The predicted molar refractivity (Wildman–Crippen MR) is 113 cm³/mol. The van der Waals surface area contributed by atoms with E-state index in [0.717, 1.165) is 22.0 Å². The molecule has 6 nitrogen and oxygen atoms in total. The minimum absolute atomic E-state index is 0.247. The number of aromatic nitrogens is 1. The SMILES string of the molecule is CCOC(=O)[C@@H](Cc1cn(C)c2ccccc12)NC(=O)[C@@H](N)Cc1ccccc1. The van der Waals surface area contributed by atoms with Crippen molar-refractivity contribution in [3.05, 3.63) is 71.9 Å². The molecule has 0 aliphatic heterocycles. The lowest BCUT2D eigenvalue weighted by Crippen LogP contribution is -2.50. The molecule has 0 aliphatic carbocycles.